The molecule has 2 aliphatic rings. The fraction of sp³-hybridized carbons (Fsp3) is 0.562. The first kappa shape index (κ1) is 12.7. The Hall–Kier alpha value is -1.35. The number of hydrogen-bond acceptors (Lipinski definition) is 2. The lowest BCUT2D eigenvalue weighted by Crippen LogP contribution is -2.39. The maximum absolute atomic E-state index is 12.2. The van der Waals surface area contributed by atoms with Crippen molar-refractivity contribution in [3.8, 4) is 0 Å². The Kier molecular flexibility index (Phi) is 3.83. The van der Waals surface area contributed by atoms with E-state index in [2.05, 4.69) is 22.8 Å². The lowest BCUT2D eigenvalue weighted by molar-refractivity contribution is 0.0917. The molecule has 1 aromatic carbocycles. The summed E-state index contributed by atoms with van der Waals surface area (Å²) in [5, 5.41) is 6.54. The molecule has 2 fully saturated rings. The van der Waals surface area contributed by atoms with Crippen molar-refractivity contribution in [2.75, 3.05) is 13.1 Å². The third-order valence-electron chi connectivity index (χ3n) is 4.36. The molecule has 19 heavy (non-hydrogen) atoms. The third-order valence-corrected chi connectivity index (χ3v) is 4.36. The minimum atomic E-state index is 0.0929. The highest BCUT2D eigenvalue weighted by Crippen LogP contribution is 2.24. The minimum Gasteiger partial charge on any atom is -0.349 e. The van der Waals surface area contributed by atoms with Crippen LogP contribution in [0.25, 0.3) is 0 Å². The zero-order valence-electron chi connectivity index (χ0n) is 11.3. The second-order valence-electron chi connectivity index (χ2n) is 5.77. The summed E-state index contributed by atoms with van der Waals surface area (Å²) in [5.41, 5.74) is 2.11. The summed E-state index contributed by atoms with van der Waals surface area (Å²) in [7, 11) is 0. The van der Waals surface area contributed by atoms with Crippen molar-refractivity contribution in [3.05, 3.63) is 35.4 Å². The van der Waals surface area contributed by atoms with Gasteiger partial charge < -0.3 is 10.6 Å². The number of rotatable bonds is 3. The lowest BCUT2D eigenvalue weighted by Gasteiger charge is -2.27. The molecule has 3 heteroatoms. The summed E-state index contributed by atoms with van der Waals surface area (Å²) < 4.78 is 0. The Morgan fingerprint density at radius 2 is 2.11 bits per heavy atom. The van der Waals surface area contributed by atoms with Crippen molar-refractivity contribution >= 4 is 5.91 Å². The molecule has 1 aliphatic carbocycles. The van der Waals surface area contributed by atoms with Crippen molar-refractivity contribution in [3.63, 3.8) is 0 Å². The van der Waals surface area contributed by atoms with Crippen LogP contribution in [0.5, 0.6) is 0 Å². The normalized spacial score (nSPS) is 23.7. The van der Waals surface area contributed by atoms with Crippen LogP contribution in [0.2, 0.25) is 0 Å². The molecular weight excluding hydrogens is 236 g/mol. The van der Waals surface area contributed by atoms with Crippen molar-refractivity contribution in [1.82, 2.24) is 10.6 Å². The molecule has 1 atom stereocenters. The first-order valence-corrected chi connectivity index (χ1v) is 7.44. The largest absolute Gasteiger partial charge is 0.349 e. The van der Waals surface area contributed by atoms with E-state index in [9.17, 15) is 4.79 Å². The van der Waals surface area contributed by atoms with Crippen molar-refractivity contribution < 1.29 is 4.79 Å². The summed E-state index contributed by atoms with van der Waals surface area (Å²) in [4.78, 5) is 12.2. The topological polar surface area (TPSA) is 41.1 Å². The van der Waals surface area contributed by atoms with Gasteiger partial charge in [0, 0.05) is 18.2 Å². The van der Waals surface area contributed by atoms with E-state index in [1.165, 1.54) is 24.8 Å². The van der Waals surface area contributed by atoms with Gasteiger partial charge >= 0.3 is 0 Å². The number of piperidine rings is 1. The number of carbonyl (C=O) groups excluding carboxylic acids is 1. The lowest BCUT2D eigenvalue weighted by atomic mass is 9.90. The molecule has 0 radical (unpaired) electrons. The monoisotopic (exact) mass is 258 g/mol. The Labute approximate surface area is 114 Å². The van der Waals surface area contributed by atoms with E-state index in [0.717, 1.165) is 31.5 Å². The predicted molar refractivity (Wildman–Crippen MR) is 76.4 cm³/mol. The average Bonchev–Trinajstić information content (AvgIpc) is 2.44. The fourth-order valence-corrected chi connectivity index (χ4v) is 2.89. The van der Waals surface area contributed by atoms with Crippen LogP contribution in [0, 0.1) is 0 Å². The van der Waals surface area contributed by atoms with Gasteiger partial charge in [-0.05, 0) is 62.3 Å². The van der Waals surface area contributed by atoms with E-state index < -0.39 is 0 Å². The molecule has 1 saturated heterocycles. The molecule has 2 N–H and O–H groups in total. The molecule has 1 saturated carbocycles. The molecule has 102 valence electrons. The van der Waals surface area contributed by atoms with Gasteiger partial charge in [-0.15, -0.1) is 0 Å². The van der Waals surface area contributed by atoms with E-state index in [1.54, 1.807) is 0 Å². The van der Waals surface area contributed by atoms with Crippen LogP contribution in [0.4, 0.5) is 0 Å². The molecule has 0 spiro atoms. The van der Waals surface area contributed by atoms with Crippen LogP contribution >= 0.6 is 0 Å². The third kappa shape index (κ3) is 2.98. The van der Waals surface area contributed by atoms with E-state index in [4.69, 9.17) is 0 Å². The molecule has 3 nitrogen and oxygen atoms in total. The summed E-state index contributed by atoms with van der Waals surface area (Å²) in [5.74, 6) is 0.653. The maximum atomic E-state index is 12.2. The van der Waals surface area contributed by atoms with E-state index >= 15 is 0 Å². The van der Waals surface area contributed by atoms with Crippen molar-refractivity contribution in [2.45, 2.75) is 44.1 Å². The van der Waals surface area contributed by atoms with Gasteiger partial charge in [0.1, 0.15) is 0 Å². The summed E-state index contributed by atoms with van der Waals surface area (Å²) in [6.45, 7) is 2.16. The smallest absolute Gasteiger partial charge is 0.251 e. The summed E-state index contributed by atoms with van der Waals surface area (Å²) in [6.07, 6.45) is 5.97. The van der Waals surface area contributed by atoms with Crippen molar-refractivity contribution in [2.24, 2.45) is 0 Å². The van der Waals surface area contributed by atoms with E-state index in [-0.39, 0.29) is 5.91 Å². The Bertz CT molecular complexity index is 448. The number of amides is 1. The molecule has 0 aromatic heterocycles. The highest BCUT2D eigenvalue weighted by molar-refractivity contribution is 5.94. The van der Waals surface area contributed by atoms with Crippen LogP contribution in [0.15, 0.2) is 24.3 Å². The molecule has 1 aromatic rings. The molecule has 0 bridgehead atoms. The minimum absolute atomic E-state index is 0.0929. The first-order chi connectivity index (χ1) is 9.33. The van der Waals surface area contributed by atoms with Gasteiger partial charge in [0.25, 0.3) is 5.91 Å². The zero-order chi connectivity index (χ0) is 13.1. The molecule has 1 aliphatic heterocycles. The highest BCUT2D eigenvalue weighted by Gasteiger charge is 2.21. The number of benzene rings is 1. The zero-order valence-corrected chi connectivity index (χ0v) is 11.3. The molecule has 1 amide bonds. The standard InChI is InChI=1S/C16H22N2O/c19-16(18-15-7-2-8-15)13-5-1-4-12(10-13)14-6-3-9-17-11-14/h1,4-5,10,14-15,17H,2-3,6-9,11H2,(H,18,19). The van der Waals surface area contributed by atoms with Gasteiger partial charge in [-0.3, -0.25) is 4.79 Å². The van der Waals surface area contributed by atoms with Gasteiger partial charge in [-0.25, -0.2) is 0 Å². The SMILES string of the molecule is O=C(NC1CCC1)c1cccc(C2CCCNC2)c1. The first-order valence-electron chi connectivity index (χ1n) is 7.44. The molecular formula is C16H22N2O. The van der Waals surface area contributed by atoms with Crippen LogP contribution in [0.1, 0.15) is 53.9 Å². The van der Waals surface area contributed by atoms with Crippen LogP contribution in [-0.4, -0.2) is 25.0 Å². The Balaban J connectivity index is 1.69. The quantitative estimate of drug-likeness (QED) is 0.874. The second-order valence-corrected chi connectivity index (χ2v) is 5.77. The van der Waals surface area contributed by atoms with Gasteiger partial charge in [0.15, 0.2) is 0 Å². The maximum Gasteiger partial charge on any atom is 0.251 e. The number of carbonyl (C=O) groups is 1. The summed E-state index contributed by atoms with van der Waals surface area (Å²) >= 11 is 0. The molecule has 1 unspecified atom stereocenters. The van der Waals surface area contributed by atoms with Gasteiger partial charge in [-0.1, -0.05) is 12.1 Å². The molecule has 3 rings (SSSR count). The van der Waals surface area contributed by atoms with E-state index in [0.29, 0.717) is 12.0 Å². The fourth-order valence-electron chi connectivity index (χ4n) is 2.89. The summed E-state index contributed by atoms with van der Waals surface area (Å²) in [6, 6.07) is 8.57. The second kappa shape index (κ2) is 5.74. The molecule has 1 heterocycles. The van der Waals surface area contributed by atoms with Gasteiger partial charge in [0.2, 0.25) is 0 Å². The highest BCUT2D eigenvalue weighted by atomic mass is 16.1. The van der Waals surface area contributed by atoms with E-state index in [1.807, 2.05) is 12.1 Å². The number of hydrogen-bond donors (Lipinski definition) is 2. The van der Waals surface area contributed by atoms with Crippen molar-refractivity contribution in [1.29, 1.82) is 0 Å². The Morgan fingerprint density at radius 1 is 1.21 bits per heavy atom. The van der Waals surface area contributed by atoms with Crippen LogP contribution < -0.4 is 10.6 Å². The van der Waals surface area contributed by atoms with Gasteiger partial charge in [-0.2, -0.15) is 0 Å². The predicted octanol–water partition coefficient (Wildman–Crippen LogP) is 2.44. The van der Waals surface area contributed by atoms with Crippen LogP contribution in [-0.2, 0) is 0 Å². The van der Waals surface area contributed by atoms with Gasteiger partial charge in [0.05, 0.1) is 0 Å². The Morgan fingerprint density at radius 3 is 2.79 bits per heavy atom. The number of nitrogens with one attached hydrogen (secondary N) is 2. The van der Waals surface area contributed by atoms with Crippen LogP contribution in [0.3, 0.4) is 0 Å². The average molecular weight is 258 g/mol.